The summed E-state index contributed by atoms with van der Waals surface area (Å²) in [6.45, 7) is 17.3. The number of Topliss-reactive ketones (excluding diaryl/α,β-unsaturated/α-hetero) is 2. The summed E-state index contributed by atoms with van der Waals surface area (Å²) >= 11 is 0. The van der Waals surface area contributed by atoms with Crippen LogP contribution in [0, 0.1) is 0 Å². The minimum absolute atomic E-state index is 0.219. The number of carboxylic acid groups (broad SMARTS) is 2. The molecule has 2 amide bonds. The Hall–Kier alpha value is -3.18. The second-order valence-electron chi connectivity index (χ2n) is 17.2. The predicted octanol–water partition coefficient (Wildman–Crippen LogP) is 11.2. The number of carbonyl (C=O) groups is 6. The van der Waals surface area contributed by atoms with E-state index in [9.17, 15) is 28.8 Å². The Bertz CT molecular complexity index is 941. The molecule has 0 aliphatic heterocycles. The normalized spacial score (nSPS) is 11.3. The molecule has 0 heterocycles. The van der Waals surface area contributed by atoms with Crippen molar-refractivity contribution in [3.8, 4) is 0 Å². The molecule has 0 unspecified atom stereocenters. The molecule has 0 spiro atoms. The zero-order valence-electron chi connectivity index (χ0n) is 36.9. The van der Waals surface area contributed by atoms with Crippen LogP contribution >= 0.6 is 0 Å². The van der Waals surface area contributed by atoms with Gasteiger partial charge in [-0.25, -0.2) is 9.59 Å². The summed E-state index contributed by atoms with van der Waals surface area (Å²) in [5.74, 6) is -0.979. The van der Waals surface area contributed by atoms with Crippen molar-refractivity contribution >= 4 is 35.7 Å². The van der Waals surface area contributed by atoms with E-state index in [0.29, 0.717) is 38.8 Å². The number of ketones is 2. The van der Waals surface area contributed by atoms with Gasteiger partial charge in [0.1, 0.15) is 22.8 Å². The lowest BCUT2D eigenvalue weighted by Gasteiger charge is -2.27. The quantitative estimate of drug-likeness (QED) is 0.0625. The molecule has 12 heteroatoms. The highest BCUT2D eigenvalue weighted by Gasteiger charge is 2.22. The number of hydrogen-bond acceptors (Lipinski definition) is 8. The molecule has 56 heavy (non-hydrogen) atoms. The number of rotatable bonds is 32. The van der Waals surface area contributed by atoms with Gasteiger partial charge in [0, 0.05) is 51.9 Å². The third-order valence-corrected chi connectivity index (χ3v) is 8.85. The number of nitrogens with zero attached hydrogens (tertiary/aromatic N) is 2. The highest BCUT2D eigenvalue weighted by Crippen LogP contribution is 2.16. The molecule has 0 aliphatic rings. The third kappa shape index (κ3) is 42.0. The van der Waals surface area contributed by atoms with Crippen LogP contribution in [0.4, 0.5) is 9.59 Å². The van der Waals surface area contributed by atoms with E-state index in [1.807, 2.05) is 46.4 Å². The van der Waals surface area contributed by atoms with Crippen LogP contribution < -0.4 is 0 Å². The summed E-state index contributed by atoms with van der Waals surface area (Å²) in [5, 5.41) is 17.3. The summed E-state index contributed by atoms with van der Waals surface area (Å²) in [4.78, 5) is 71.4. The molecule has 0 aliphatic carbocycles. The molecule has 2 N–H and O–H groups in total. The maximum Gasteiger partial charge on any atom is 0.410 e. The van der Waals surface area contributed by atoms with E-state index in [1.54, 1.807) is 18.7 Å². The number of ether oxygens (including phenoxy) is 2. The number of carbonyl (C=O) groups excluding carboxylic acids is 4. The largest absolute Gasteiger partial charge is 0.481 e. The number of aliphatic carboxylic acids is 2. The second kappa shape index (κ2) is 33.9. The van der Waals surface area contributed by atoms with Gasteiger partial charge in [-0.05, 0) is 107 Å². The zero-order valence-corrected chi connectivity index (χ0v) is 36.9. The summed E-state index contributed by atoms with van der Waals surface area (Å²) < 4.78 is 11.1. The van der Waals surface area contributed by atoms with Crippen molar-refractivity contribution in [2.75, 3.05) is 26.2 Å². The van der Waals surface area contributed by atoms with Crippen LogP contribution in [0.15, 0.2) is 0 Å². The molecule has 0 rings (SSSR count). The molecule has 0 saturated heterocycles. The smallest absolute Gasteiger partial charge is 0.410 e. The Balaban J connectivity index is 0. The number of unbranched alkanes of at least 4 members (excludes halogenated alkanes) is 16. The van der Waals surface area contributed by atoms with E-state index < -0.39 is 23.1 Å². The Morgan fingerprint density at radius 3 is 0.804 bits per heavy atom. The Morgan fingerprint density at radius 1 is 0.375 bits per heavy atom. The number of hydrogen-bond donors (Lipinski definition) is 2. The van der Waals surface area contributed by atoms with Crippen LogP contribution in [0.2, 0.25) is 0 Å². The molecular formula is C44H82N2O10. The monoisotopic (exact) mass is 799 g/mol. The van der Waals surface area contributed by atoms with Gasteiger partial charge in [-0.3, -0.25) is 9.59 Å². The Labute approximate surface area is 340 Å². The number of amides is 2. The predicted molar refractivity (Wildman–Crippen MR) is 223 cm³/mol. The lowest BCUT2D eigenvalue weighted by Crippen LogP contribution is -2.38. The zero-order chi connectivity index (χ0) is 42.8. The summed E-state index contributed by atoms with van der Waals surface area (Å²) in [5.41, 5.74) is -1.00. The molecule has 12 nitrogen and oxygen atoms in total. The van der Waals surface area contributed by atoms with Gasteiger partial charge < -0.3 is 39.1 Å². The molecule has 0 aromatic heterocycles. The Morgan fingerprint density at radius 2 is 0.589 bits per heavy atom. The average molecular weight is 799 g/mol. The van der Waals surface area contributed by atoms with Crippen molar-refractivity contribution in [3.05, 3.63) is 0 Å². The molecule has 0 fully saturated rings. The topological polar surface area (TPSA) is 168 Å². The van der Waals surface area contributed by atoms with E-state index in [4.69, 9.17) is 19.7 Å². The third-order valence-electron chi connectivity index (χ3n) is 8.85. The fourth-order valence-corrected chi connectivity index (χ4v) is 5.87. The lowest BCUT2D eigenvalue weighted by atomic mass is 10.1. The molecular weight excluding hydrogens is 716 g/mol. The van der Waals surface area contributed by atoms with E-state index in [-0.39, 0.29) is 36.6 Å². The first-order valence-corrected chi connectivity index (χ1v) is 21.6. The summed E-state index contributed by atoms with van der Waals surface area (Å²) in [7, 11) is 0. The van der Waals surface area contributed by atoms with Crippen LogP contribution in [-0.4, -0.2) is 93.1 Å². The molecule has 0 aromatic carbocycles. The SMILES string of the molecule is CC(=O)CCCCCCCN(CCCCCCCC(C)=O)C(=O)OC(C)(C)C.CC(C)(C)OC(=O)N(CCCCCCCC(=O)O)CCCCCCCC(=O)O. The Kier molecular flexibility index (Phi) is 33.3. The van der Waals surface area contributed by atoms with Crippen molar-refractivity contribution in [1.82, 2.24) is 9.80 Å². The minimum atomic E-state index is -0.751. The van der Waals surface area contributed by atoms with E-state index in [2.05, 4.69) is 0 Å². The summed E-state index contributed by atoms with van der Waals surface area (Å²) in [6.07, 6.45) is 20.5. The van der Waals surface area contributed by atoms with Crippen LogP contribution in [0.25, 0.3) is 0 Å². The van der Waals surface area contributed by atoms with Gasteiger partial charge in [-0.15, -0.1) is 0 Å². The molecule has 0 aromatic rings. The highest BCUT2D eigenvalue weighted by molar-refractivity contribution is 5.75. The van der Waals surface area contributed by atoms with Crippen LogP contribution in [-0.2, 0) is 28.7 Å². The first-order valence-electron chi connectivity index (χ1n) is 21.6. The van der Waals surface area contributed by atoms with Crippen LogP contribution in [0.5, 0.6) is 0 Å². The van der Waals surface area contributed by atoms with Crippen molar-refractivity contribution in [3.63, 3.8) is 0 Å². The molecule has 328 valence electrons. The van der Waals surface area contributed by atoms with Gasteiger partial charge in [-0.2, -0.15) is 0 Å². The van der Waals surface area contributed by atoms with Crippen LogP contribution in [0.1, 0.15) is 209 Å². The first kappa shape index (κ1) is 54.9. The summed E-state index contributed by atoms with van der Waals surface area (Å²) in [6, 6.07) is 0. The fourth-order valence-electron chi connectivity index (χ4n) is 5.87. The number of carboxylic acids is 2. The first-order chi connectivity index (χ1) is 26.2. The molecule has 0 bridgehead atoms. The highest BCUT2D eigenvalue weighted by atomic mass is 16.6. The maximum atomic E-state index is 12.5. The van der Waals surface area contributed by atoms with Gasteiger partial charge in [-0.1, -0.05) is 77.0 Å². The van der Waals surface area contributed by atoms with E-state index in [0.717, 1.165) is 129 Å². The van der Waals surface area contributed by atoms with Crippen LogP contribution in [0.3, 0.4) is 0 Å². The average Bonchev–Trinajstić information content (AvgIpc) is 3.06. The fraction of sp³-hybridized carbons (Fsp3) is 0.864. The van der Waals surface area contributed by atoms with Crippen molar-refractivity contribution < 1.29 is 48.5 Å². The van der Waals surface area contributed by atoms with E-state index in [1.165, 1.54) is 0 Å². The van der Waals surface area contributed by atoms with Gasteiger partial charge in [0.2, 0.25) is 0 Å². The van der Waals surface area contributed by atoms with Gasteiger partial charge >= 0.3 is 24.1 Å². The second-order valence-corrected chi connectivity index (χ2v) is 17.2. The van der Waals surface area contributed by atoms with Gasteiger partial charge in [0.25, 0.3) is 0 Å². The van der Waals surface area contributed by atoms with E-state index >= 15 is 0 Å². The van der Waals surface area contributed by atoms with Crippen molar-refractivity contribution in [1.29, 1.82) is 0 Å². The van der Waals surface area contributed by atoms with Crippen molar-refractivity contribution in [2.24, 2.45) is 0 Å². The van der Waals surface area contributed by atoms with Crippen molar-refractivity contribution in [2.45, 2.75) is 221 Å². The molecule has 0 atom stereocenters. The standard InChI is InChI=1S/C23H43NO4.C21H39NO6/c1-20(25)16-12-8-6-10-14-18-24(22(27)28-23(3,4)5)19-15-11-7-9-13-17-21(2)26;1-21(2,3)28-20(27)22(16-12-8-4-6-10-14-18(23)24)17-13-9-5-7-11-15-19(25)26/h6-19H2,1-5H3;4-17H2,1-3H3,(H,23,24)(H,25,26). The maximum absolute atomic E-state index is 12.5. The minimum Gasteiger partial charge on any atom is -0.481 e. The lowest BCUT2D eigenvalue weighted by molar-refractivity contribution is -0.138. The molecule has 0 radical (unpaired) electrons. The van der Waals surface area contributed by atoms with Gasteiger partial charge in [0.15, 0.2) is 0 Å². The molecule has 0 saturated carbocycles. The van der Waals surface area contributed by atoms with Gasteiger partial charge in [0.05, 0.1) is 0 Å².